The molecule has 1 aromatic heterocycles. The molecule has 0 bridgehead atoms. The molecule has 0 aliphatic carbocycles. The average molecular weight is 464 g/mol. The second-order valence-electron chi connectivity index (χ2n) is 7.27. The number of pyridine rings is 1. The standard InChI is InChI=1S/C25H26BrN3O/c1-3-4-5-6-15-30-21-13-9-18(10-14-21)23-17(2)24(29-25(28)22(23)16-27)19-7-11-20(26)12-8-19/h7-14H,3-6,15H2,1-2H3,(H2,28,29). The van der Waals surface area contributed by atoms with Crippen molar-refractivity contribution in [1.82, 2.24) is 4.98 Å². The molecule has 5 heteroatoms. The molecule has 0 saturated heterocycles. The van der Waals surface area contributed by atoms with Gasteiger partial charge in [-0.1, -0.05) is 66.4 Å². The Hall–Kier alpha value is -2.84. The molecule has 0 fully saturated rings. The van der Waals surface area contributed by atoms with E-state index in [4.69, 9.17) is 10.5 Å². The van der Waals surface area contributed by atoms with E-state index in [1.54, 1.807) is 0 Å². The molecule has 3 rings (SSSR count). The van der Waals surface area contributed by atoms with Gasteiger partial charge in [-0.2, -0.15) is 5.26 Å². The fraction of sp³-hybridized carbons (Fsp3) is 0.280. The SMILES string of the molecule is CCCCCCOc1ccc(-c2c(C)c(-c3ccc(Br)cc3)nc(N)c2C#N)cc1. The van der Waals surface area contributed by atoms with E-state index in [2.05, 4.69) is 33.9 Å². The number of rotatable bonds is 8. The molecule has 3 aromatic rings. The quantitative estimate of drug-likeness (QED) is 0.368. The van der Waals surface area contributed by atoms with Gasteiger partial charge in [-0.25, -0.2) is 4.98 Å². The van der Waals surface area contributed by atoms with Gasteiger partial charge < -0.3 is 10.5 Å². The third-order valence-electron chi connectivity index (χ3n) is 5.11. The number of nitrogen functional groups attached to an aromatic ring is 1. The number of halogens is 1. The molecule has 0 spiro atoms. The lowest BCUT2D eigenvalue weighted by Gasteiger charge is -2.15. The van der Waals surface area contributed by atoms with E-state index in [-0.39, 0.29) is 5.82 Å². The lowest BCUT2D eigenvalue weighted by Crippen LogP contribution is -2.03. The lowest BCUT2D eigenvalue weighted by molar-refractivity contribution is 0.305. The number of unbranched alkanes of at least 4 members (excludes halogenated alkanes) is 3. The molecule has 154 valence electrons. The summed E-state index contributed by atoms with van der Waals surface area (Å²) in [5, 5.41) is 9.72. The molecule has 0 amide bonds. The zero-order chi connectivity index (χ0) is 21.5. The maximum Gasteiger partial charge on any atom is 0.142 e. The summed E-state index contributed by atoms with van der Waals surface area (Å²) in [5.41, 5.74) is 11.0. The third kappa shape index (κ3) is 5.01. The Morgan fingerprint density at radius 2 is 1.67 bits per heavy atom. The largest absolute Gasteiger partial charge is 0.494 e. The number of nitriles is 1. The molecule has 0 aliphatic heterocycles. The van der Waals surface area contributed by atoms with E-state index in [0.29, 0.717) is 5.56 Å². The molecular weight excluding hydrogens is 438 g/mol. The number of hydrogen-bond donors (Lipinski definition) is 1. The highest BCUT2D eigenvalue weighted by Gasteiger charge is 2.18. The summed E-state index contributed by atoms with van der Waals surface area (Å²) in [7, 11) is 0. The second-order valence-corrected chi connectivity index (χ2v) is 8.19. The van der Waals surface area contributed by atoms with Gasteiger partial charge in [0, 0.05) is 15.6 Å². The van der Waals surface area contributed by atoms with Crippen LogP contribution < -0.4 is 10.5 Å². The molecule has 2 aromatic carbocycles. The van der Waals surface area contributed by atoms with E-state index in [0.717, 1.165) is 51.2 Å². The fourth-order valence-electron chi connectivity index (χ4n) is 3.49. The van der Waals surface area contributed by atoms with Gasteiger partial charge in [-0.05, 0) is 48.7 Å². The van der Waals surface area contributed by atoms with Crippen molar-refractivity contribution in [2.75, 3.05) is 12.3 Å². The fourth-order valence-corrected chi connectivity index (χ4v) is 3.76. The zero-order valence-corrected chi connectivity index (χ0v) is 19.0. The van der Waals surface area contributed by atoms with Crippen molar-refractivity contribution >= 4 is 21.7 Å². The van der Waals surface area contributed by atoms with Crippen molar-refractivity contribution in [3.8, 4) is 34.2 Å². The van der Waals surface area contributed by atoms with E-state index in [1.165, 1.54) is 19.3 Å². The average Bonchev–Trinajstić information content (AvgIpc) is 2.76. The maximum absolute atomic E-state index is 9.72. The molecule has 0 saturated carbocycles. The van der Waals surface area contributed by atoms with Crippen LogP contribution in [-0.4, -0.2) is 11.6 Å². The van der Waals surface area contributed by atoms with Crippen LogP contribution >= 0.6 is 15.9 Å². The summed E-state index contributed by atoms with van der Waals surface area (Å²) in [6.45, 7) is 4.90. The smallest absolute Gasteiger partial charge is 0.142 e. The summed E-state index contributed by atoms with van der Waals surface area (Å²) >= 11 is 3.46. The number of nitrogens with zero attached hydrogens (tertiary/aromatic N) is 2. The van der Waals surface area contributed by atoms with Crippen LogP contribution in [0, 0.1) is 18.3 Å². The van der Waals surface area contributed by atoms with Crippen molar-refractivity contribution in [1.29, 1.82) is 5.26 Å². The molecule has 2 N–H and O–H groups in total. The van der Waals surface area contributed by atoms with Crippen LogP contribution in [0.2, 0.25) is 0 Å². The Morgan fingerprint density at radius 3 is 2.30 bits per heavy atom. The number of hydrogen-bond acceptors (Lipinski definition) is 4. The van der Waals surface area contributed by atoms with Crippen molar-refractivity contribution in [2.45, 2.75) is 39.5 Å². The molecule has 0 aliphatic rings. The highest BCUT2D eigenvalue weighted by Crippen LogP contribution is 2.36. The third-order valence-corrected chi connectivity index (χ3v) is 5.64. The summed E-state index contributed by atoms with van der Waals surface area (Å²) in [6, 6.07) is 18.0. The number of ether oxygens (including phenoxy) is 1. The van der Waals surface area contributed by atoms with Gasteiger partial charge in [-0.3, -0.25) is 0 Å². The minimum atomic E-state index is 0.243. The molecule has 30 heavy (non-hydrogen) atoms. The highest BCUT2D eigenvalue weighted by molar-refractivity contribution is 9.10. The van der Waals surface area contributed by atoms with Crippen LogP contribution in [0.4, 0.5) is 5.82 Å². The van der Waals surface area contributed by atoms with Gasteiger partial charge in [-0.15, -0.1) is 0 Å². The molecule has 1 heterocycles. The van der Waals surface area contributed by atoms with Gasteiger partial charge in [0.15, 0.2) is 0 Å². The summed E-state index contributed by atoms with van der Waals surface area (Å²) < 4.78 is 6.85. The van der Waals surface area contributed by atoms with Gasteiger partial charge in [0.2, 0.25) is 0 Å². The van der Waals surface area contributed by atoms with Gasteiger partial charge in [0.05, 0.1) is 12.3 Å². The van der Waals surface area contributed by atoms with Crippen molar-refractivity contribution in [3.05, 3.63) is 64.1 Å². The predicted molar refractivity (Wildman–Crippen MR) is 126 cm³/mol. The molecule has 0 radical (unpaired) electrons. The number of aromatic nitrogens is 1. The summed E-state index contributed by atoms with van der Waals surface area (Å²) in [5.74, 6) is 1.08. The molecule has 0 atom stereocenters. The summed E-state index contributed by atoms with van der Waals surface area (Å²) in [4.78, 5) is 4.53. The maximum atomic E-state index is 9.72. The number of benzene rings is 2. The van der Waals surface area contributed by atoms with Crippen molar-refractivity contribution < 1.29 is 4.74 Å². The first-order chi connectivity index (χ1) is 14.5. The Bertz CT molecular complexity index is 1040. The van der Waals surface area contributed by atoms with Crippen LogP contribution in [0.15, 0.2) is 53.0 Å². The minimum Gasteiger partial charge on any atom is -0.494 e. The van der Waals surface area contributed by atoms with Crippen molar-refractivity contribution in [3.63, 3.8) is 0 Å². The molecule has 4 nitrogen and oxygen atoms in total. The van der Waals surface area contributed by atoms with Crippen LogP contribution in [0.25, 0.3) is 22.4 Å². The van der Waals surface area contributed by atoms with E-state index >= 15 is 0 Å². The number of anilines is 1. The lowest BCUT2D eigenvalue weighted by atomic mass is 9.93. The van der Waals surface area contributed by atoms with E-state index in [1.807, 2.05) is 55.5 Å². The Kier molecular flexibility index (Phi) is 7.48. The van der Waals surface area contributed by atoms with Gasteiger partial charge >= 0.3 is 0 Å². The van der Waals surface area contributed by atoms with E-state index in [9.17, 15) is 5.26 Å². The van der Waals surface area contributed by atoms with Crippen LogP contribution in [-0.2, 0) is 0 Å². The zero-order valence-electron chi connectivity index (χ0n) is 17.4. The topological polar surface area (TPSA) is 71.9 Å². The Balaban J connectivity index is 1.93. The van der Waals surface area contributed by atoms with Crippen LogP contribution in [0.3, 0.4) is 0 Å². The first-order valence-electron chi connectivity index (χ1n) is 10.2. The van der Waals surface area contributed by atoms with Gasteiger partial charge in [0.25, 0.3) is 0 Å². The van der Waals surface area contributed by atoms with Crippen LogP contribution in [0.5, 0.6) is 5.75 Å². The predicted octanol–water partition coefficient (Wildman–Crippen LogP) is 6.90. The van der Waals surface area contributed by atoms with Crippen molar-refractivity contribution in [2.24, 2.45) is 0 Å². The summed E-state index contributed by atoms with van der Waals surface area (Å²) in [6.07, 6.45) is 4.70. The second kappa shape index (κ2) is 10.3. The monoisotopic (exact) mass is 463 g/mol. The number of nitrogens with two attached hydrogens (primary N) is 1. The molecular formula is C25H26BrN3O. The first-order valence-corrected chi connectivity index (χ1v) is 11.0. The Morgan fingerprint density at radius 1 is 1.00 bits per heavy atom. The normalized spacial score (nSPS) is 10.6. The minimum absolute atomic E-state index is 0.243. The highest BCUT2D eigenvalue weighted by atomic mass is 79.9. The molecule has 0 unspecified atom stereocenters. The van der Waals surface area contributed by atoms with Gasteiger partial charge in [0.1, 0.15) is 23.2 Å². The first kappa shape index (κ1) is 21.9. The van der Waals surface area contributed by atoms with E-state index < -0.39 is 0 Å². The Labute approximate surface area is 186 Å². The van der Waals surface area contributed by atoms with Crippen LogP contribution in [0.1, 0.15) is 43.7 Å².